The molecule has 0 aromatic carbocycles. The summed E-state index contributed by atoms with van der Waals surface area (Å²) in [5.74, 6) is 0.213. The lowest BCUT2D eigenvalue weighted by Gasteiger charge is -2.33. The van der Waals surface area contributed by atoms with E-state index in [1.165, 1.54) is 0 Å². The highest BCUT2D eigenvalue weighted by Gasteiger charge is 2.27. The molecule has 0 spiro atoms. The molecule has 2 N–H and O–H groups in total. The van der Waals surface area contributed by atoms with E-state index in [-0.39, 0.29) is 11.3 Å². The van der Waals surface area contributed by atoms with Gasteiger partial charge in [-0.1, -0.05) is 6.92 Å². The Morgan fingerprint density at radius 1 is 1.53 bits per heavy atom. The van der Waals surface area contributed by atoms with Crippen molar-refractivity contribution >= 4 is 21.8 Å². The van der Waals surface area contributed by atoms with Crippen LogP contribution in [-0.4, -0.2) is 25.5 Å². The van der Waals surface area contributed by atoms with Crippen LogP contribution in [0.2, 0.25) is 0 Å². The van der Waals surface area contributed by atoms with Crippen LogP contribution >= 0.6 is 15.9 Å². The summed E-state index contributed by atoms with van der Waals surface area (Å²) in [6, 6.07) is 3.39. The first-order valence-corrected chi connectivity index (χ1v) is 6.63. The molecule has 0 saturated carbocycles. The Labute approximate surface area is 109 Å². The Kier molecular flexibility index (Phi) is 3.89. The van der Waals surface area contributed by atoms with Gasteiger partial charge in [-0.05, 0) is 59.4 Å². The van der Waals surface area contributed by atoms with Crippen molar-refractivity contribution in [3.05, 3.63) is 22.6 Å². The lowest BCUT2D eigenvalue weighted by molar-refractivity contribution is 0.0893. The van der Waals surface area contributed by atoms with Gasteiger partial charge in [-0.2, -0.15) is 0 Å². The minimum absolute atomic E-state index is 0.143. The minimum Gasteiger partial charge on any atom is -0.444 e. The second kappa shape index (κ2) is 5.23. The van der Waals surface area contributed by atoms with Crippen molar-refractivity contribution in [2.45, 2.75) is 19.8 Å². The lowest BCUT2D eigenvalue weighted by Crippen LogP contribution is -2.42. The summed E-state index contributed by atoms with van der Waals surface area (Å²) in [7, 11) is 0. The highest BCUT2D eigenvalue weighted by Crippen LogP contribution is 2.26. The minimum atomic E-state index is -0.143. The van der Waals surface area contributed by atoms with E-state index in [4.69, 9.17) is 4.42 Å². The van der Waals surface area contributed by atoms with E-state index in [9.17, 15) is 4.79 Å². The van der Waals surface area contributed by atoms with Crippen molar-refractivity contribution in [3.8, 4) is 0 Å². The molecule has 2 rings (SSSR count). The molecule has 1 saturated heterocycles. The van der Waals surface area contributed by atoms with Gasteiger partial charge in [-0.15, -0.1) is 0 Å². The topological polar surface area (TPSA) is 54.3 Å². The normalized spacial score (nSPS) is 18.9. The smallest absolute Gasteiger partial charge is 0.287 e. The fourth-order valence-electron chi connectivity index (χ4n) is 2.02. The zero-order valence-corrected chi connectivity index (χ0v) is 11.5. The van der Waals surface area contributed by atoms with E-state index in [0.717, 1.165) is 25.9 Å². The quantitative estimate of drug-likeness (QED) is 0.899. The second-order valence-electron chi connectivity index (χ2n) is 4.85. The lowest BCUT2D eigenvalue weighted by atomic mass is 9.81. The summed E-state index contributed by atoms with van der Waals surface area (Å²) in [5, 5.41) is 6.27. The predicted octanol–water partition coefficient (Wildman–Crippen LogP) is 2.16. The first kappa shape index (κ1) is 12.6. The molecule has 0 aliphatic carbocycles. The van der Waals surface area contributed by atoms with Gasteiger partial charge in [-0.3, -0.25) is 4.79 Å². The molecule has 0 atom stereocenters. The SMILES string of the molecule is CC1(CNC(=O)c2ccc(Br)o2)CCNCC1. The van der Waals surface area contributed by atoms with E-state index < -0.39 is 0 Å². The molecule has 17 heavy (non-hydrogen) atoms. The van der Waals surface area contributed by atoms with Gasteiger partial charge in [0.05, 0.1) is 0 Å². The molecule has 5 heteroatoms. The van der Waals surface area contributed by atoms with Gasteiger partial charge < -0.3 is 15.1 Å². The summed E-state index contributed by atoms with van der Waals surface area (Å²) in [4.78, 5) is 11.8. The molecule has 1 amide bonds. The average molecular weight is 301 g/mol. The number of hydrogen-bond donors (Lipinski definition) is 2. The van der Waals surface area contributed by atoms with Crippen molar-refractivity contribution in [1.82, 2.24) is 10.6 Å². The van der Waals surface area contributed by atoms with Gasteiger partial charge in [0.1, 0.15) is 0 Å². The maximum atomic E-state index is 11.8. The Morgan fingerprint density at radius 2 is 2.24 bits per heavy atom. The summed E-state index contributed by atoms with van der Waals surface area (Å²) in [6.45, 7) is 4.97. The molecule has 4 nitrogen and oxygen atoms in total. The summed E-state index contributed by atoms with van der Waals surface area (Å²) < 4.78 is 5.79. The molecule has 2 heterocycles. The second-order valence-corrected chi connectivity index (χ2v) is 5.63. The van der Waals surface area contributed by atoms with Crippen molar-refractivity contribution in [1.29, 1.82) is 0 Å². The standard InChI is InChI=1S/C12H17BrN2O2/c1-12(4-6-14-7-5-12)8-15-11(16)9-2-3-10(13)17-9/h2-3,14H,4-8H2,1H3,(H,15,16). The number of rotatable bonds is 3. The zero-order chi connectivity index (χ0) is 12.3. The van der Waals surface area contributed by atoms with E-state index in [1.54, 1.807) is 12.1 Å². The molecular formula is C12H17BrN2O2. The summed E-state index contributed by atoms with van der Waals surface area (Å²) in [6.07, 6.45) is 2.18. The van der Waals surface area contributed by atoms with Crippen LogP contribution in [0.15, 0.2) is 21.2 Å². The molecule has 94 valence electrons. The predicted molar refractivity (Wildman–Crippen MR) is 69.0 cm³/mol. The number of nitrogens with one attached hydrogen (secondary N) is 2. The molecule has 1 aromatic heterocycles. The monoisotopic (exact) mass is 300 g/mol. The van der Waals surface area contributed by atoms with Crippen molar-refractivity contribution in [2.75, 3.05) is 19.6 Å². The zero-order valence-electron chi connectivity index (χ0n) is 9.88. The number of amides is 1. The third-order valence-electron chi connectivity index (χ3n) is 3.28. The number of halogens is 1. The van der Waals surface area contributed by atoms with Crippen LogP contribution in [-0.2, 0) is 0 Å². The number of carbonyl (C=O) groups excluding carboxylic acids is 1. The Hall–Kier alpha value is -0.810. The first-order valence-electron chi connectivity index (χ1n) is 5.83. The van der Waals surface area contributed by atoms with Crippen LogP contribution in [0.25, 0.3) is 0 Å². The Balaban J connectivity index is 1.87. The van der Waals surface area contributed by atoms with E-state index >= 15 is 0 Å². The fourth-order valence-corrected chi connectivity index (χ4v) is 2.33. The number of hydrogen-bond acceptors (Lipinski definition) is 3. The van der Waals surface area contributed by atoms with Crippen LogP contribution < -0.4 is 10.6 Å². The molecule has 0 radical (unpaired) electrons. The third kappa shape index (κ3) is 3.33. The van der Waals surface area contributed by atoms with Crippen LogP contribution in [0.3, 0.4) is 0 Å². The number of piperidine rings is 1. The third-order valence-corrected chi connectivity index (χ3v) is 3.71. The Bertz CT molecular complexity index is 397. The van der Waals surface area contributed by atoms with E-state index in [0.29, 0.717) is 17.0 Å². The van der Waals surface area contributed by atoms with Crippen LogP contribution in [0, 0.1) is 5.41 Å². The van der Waals surface area contributed by atoms with Crippen LogP contribution in [0.1, 0.15) is 30.3 Å². The van der Waals surface area contributed by atoms with Crippen LogP contribution in [0.5, 0.6) is 0 Å². The van der Waals surface area contributed by atoms with Crippen molar-refractivity contribution < 1.29 is 9.21 Å². The molecule has 1 aliphatic heterocycles. The van der Waals surface area contributed by atoms with Crippen LogP contribution in [0.4, 0.5) is 0 Å². The number of carbonyl (C=O) groups is 1. The van der Waals surface area contributed by atoms with E-state index in [2.05, 4.69) is 33.5 Å². The summed E-state index contributed by atoms with van der Waals surface area (Å²) in [5.41, 5.74) is 0.199. The first-order chi connectivity index (χ1) is 8.09. The van der Waals surface area contributed by atoms with Gasteiger partial charge >= 0.3 is 0 Å². The summed E-state index contributed by atoms with van der Waals surface area (Å²) >= 11 is 3.18. The molecule has 1 aliphatic rings. The molecule has 0 bridgehead atoms. The van der Waals surface area contributed by atoms with Gasteiger partial charge in [-0.25, -0.2) is 0 Å². The van der Waals surface area contributed by atoms with Crippen molar-refractivity contribution in [2.24, 2.45) is 5.41 Å². The maximum absolute atomic E-state index is 11.8. The fraction of sp³-hybridized carbons (Fsp3) is 0.583. The van der Waals surface area contributed by atoms with Gasteiger partial charge in [0.25, 0.3) is 5.91 Å². The van der Waals surface area contributed by atoms with Gasteiger partial charge in [0.15, 0.2) is 10.4 Å². The van der Waals surface area contributed by atoms with Crippen molar-refractivity contribution in [3.63, 3.8) is 0 Å². The molecule has 1 aromatic rings. The molecular weight excluding hydrogens is 284 g/mol. The molecule has 0 unspecified atom stereocenters. The molecule has 1 fully saturated rings. The van der Waals surface area contributed by atoms with E-state index in [1.807, 2.05) is 0 Å². The van der Waals surface area contributed by atoms with Gasteiger partial charge in [0, 0.05) is 6.54 Å². The number of furan rings is 1. The maximum Gasteiger partial charge on any atom is 0.287 e. The average Bonchev–Trinajstić information content (AvgIpc) is 2.74. The highest BCUT2D eigenvalue weighted by atomic mass is 79.9. The Morgan fingerprint density at radius 3 is 2.82 bits per heavy atom. The largest absolute Gasteiger partial charge is 0.444 e. The van der Waals surface area contributed by atoms with Gasteiger partial charge in [0.2, 0.25) is 0 Å². The highest BCUT2D eigenvalue weighted by molar-refractivity contribution is 9.10.